The second kappa shape index (κ2) is 4.18. The summed E-state index contributed by atoms with van der Waals surface area (Å²) in [5.41, 5.74) is 0.892. The number of rotatable bonds is 2. The van der Waals surface area contributed by atoms with E-state index >= 15 is 0 Å². The van der Waals surface area contributed by atoms with Gasteiger partial charge in [0.05, 0.1) is 0 Å². The van der Waals surface area contributed by atoms with Crippen molar-refractivity contribution >= 4 is 17.3 Å². The van der Waals surface area contributed by atoms with Crippen molar-refractivity contribution in [2.24, 2.45) is 5.41 Å². The van der Waals surface area contributed by atoms with Gasteiger partial charge in [-0.25, -0.2) is 4.39 Å². The summed E-state index contributed by atoms with van der Waals surface area (Å²) in [5.74, 6) is -0.311. The van der Waals surface area contributed by atoms with Crippen LogP contribution in [0.1, 0.15) is 20.8 Å². The Morgan fingerprint density at radius 1 is 1.29 bits per heavy atom. The van der Waals surface area contributed by atoms with Gasteiger partial charge >= 0.3 is 0 Å². The third-order valence-electron chi connectivity index (χ3n) is 1.69. The Bertz CT molecular complexity index is 297. The lowest BCUT2D eigenvalue weighted by Crippen LogP contribution is -2.19. The maximum Gasteiger partial charge on any atom is 0.126 e. The normalized spacial score (nSPS) is 11.5. The number of halogens is 2. The highest BCUT2D eigenvalue weighted by Gasteiger charge is 2.09. The van der Waals surface area contributed by atoms with Gasteiger partial charge in [-0.2, -0.15) is 0 Å². The minimum Gasteiger partial charge on any atom is -0.384 e. The van der Waals surface area contributed by atoms with Crippen molar-refractivity contribution in [3.8, 4) is 0 Å². The molecule has 0 bridgehead atoms. The smallest absolute Gasteiger partial charge is 0.126 e. The molecule has 0 saturated carbocycles. The summed E-state index contributed by atoms with van der Waals surface area (Å²) in [7, 11) is 0. The van der Waals surface area contributed by atoms with E-state index in [0.717, 1.165) is 12.2 Å². The molecule has 0 unspecified atom stereocenters. The number of hydrogen-bond donors (Lipinski definition) is 1. The lowest BCUT2D eigenvalue weighted by Gasteiger charge is -2.19. The Hall–Kier alpha value is -0.760. The van der Waals surface area contributed by atoms with Gasteiger partial charge in [-0.3, -0.25) is 0 Å². The van der Waals surface area contributed by atoms with Crippen LogP contribution in [0, 0.1) is 11.2 Å². The van der Waals surface area contributed by atoms with Gasteiger partial charge in [0, 0.05) is 17.3 Å². The first-order valence-electron chi connectivity index (χ1n) is 4.57. The topological polar surface area (TPSA) is 12.0 Å². The van der Waals surface area contributed by atoms with Crippen LogP contribution < -0.4 is 5.32 Å². The molecule has 14 heavy (non-hydrogen) atoms. The second-order valence-electron chi connectivity index (χ2n) is 4.57. The van der Waals surface area contributed by atoms with Crippen molar-refractivity contribution < 1.29 is 4.39 Å². The van der Waals surface area contributed by atoms with E-state index in [-0.39, 0.29) is 11.2 Å². The highest BCUT2D eigenvalue weighted by atomic mass is 35.5. The second-order valence-corrected chi connectivity index (χ2v) is 5.01. The third kappa shape index (κ3) is 3.97. The largest absolute Gasteiger partial charge is 0.384 e. The van der Waals surface area contributed by atoms with Crippen molar-refractivity contribution in [1.82, 2.24) is 0 Å². The molecule has 0 aliphatic rings. The minimum absolute atomic E-state index is 0.165. The van der Waals surface area contributed by atoms with E-state index in [9.17, 15) is 4.39 Å². The van der Waals surface area contributed by atoms with Crippen LogP contribution in [0.15, 0.2) is 18.2 Å². The summed E-state index contributed by atoms with van der Waals surface area (Å²) in [4.78, 5) is 0. The third-order valence-corrected chi connectivity index (χ3v) is 1.90. The van der Waals surface area contributed by atoms with Gasteiger partial charge < -0.3 is 5.32 Å². The van der Waals surface area contributed by atoms with E-state index in [0.29, 0.717) is 5.02 Å². The summed E-state index contributed by atoms with van der Waals surface area (Å²) in [6, 6.07) is 4.46. The molecule has 0 spiro atoms. The fourth-order valence-electron chi connectivity index (χ4n) is 1.02. The molecule has 0 amide bonds. The quantitative estimate of drug-likeness (QED) is 0.788. The predicted octanol–water partition coefficient (Wildman–Crippen LogP) is 3.94. The van der Waals surface area contributed by atoms with Gasteiger partial charge in [0.15, 0.2) is 0 Å². The average Bonchev–Trinajstić information content (AvgIpc) is 1.97. The molecular formula is C11H15ClFN. The molecule has 3 heteroatoms. The molecule has 1 nitrogen and oxygen atoms in total. The Morgan fingerprint density at radius 2 is 1.93 bits per heavy atom. The van der Waals surface area contributed by atoms with Crippen molar-refractivity contribution in [2.75, 3.05) is 11.9 Å². The molecule has 0 atom stereocenters. The molecule has 0 aliphatic carbocycles. The molecule has 1 aromatic carbocycles. The van der Waals surface area contributed by atoms with E-state index in [2.05, 4.69) is 26.1 Å². The van der Waals surface area contributed by atoms with Gasteiger partial charge in [-0.05, 0) is 23.6 Å². The molecule has 1 aromatic rings. The molecule has 1 rings (SSSR count). The summed E-state index contributed by atoms with van der Waals surface area (Å²) in [6.45, 7) is 7.12. The molecule has 0 saturated heterocycles. The van der Waals surface area contributed by atoms with Crippen molar-refractivity contribution in [3.63, 3.8) is 0 Å². The predicted molar refractivity (Wildman–Crippen MR) is 59.4 cm³/mol. The van der Waals surface area contributed by atoms with Crippen LogP contribution in [-0.2, 0) is 0 Å². The molecule has 0 fully saturated rings. The van der Waals surface area contributed by atoms with Crippen LogP contribution in [0.25, 0.3) is 0 Å². The van der Waals surface area contributed by atoms with Crippen molar-refractivity contribution in [2.45, 2.75) is 20.8 Å². The minimum atomic E-state index is -0.311. The maximum atomic E-state index is 12.9. The molecule has 0 aromatic heterocycles. The lowest BCUT2D eigenvalue weighted by atomic mass is 9.97. The number of hydrogen-bond acceptors (Lipinski definition) is 1. The Balaban J connectivity index is 2.68. The van der Waals surface area contributed by atoms with E-state index in [1.807, 2.05) is 0 Å². The van der Waals surface area contributed by atoms with E-state index in [1.54, 1.807) is 6.07 Å². The summed E-state index contributed by atoms with van der Waals surface area (Å²) >= 11 is 5.72. The first kappa shape index (κ1) is 11.3. The fraction of sp³-hybridized carbons (Fsp3) is 0.455. The summed E-state index contributed by atoms with van der Waals surface area (Å²) in [5, 5.41) is 3.56. The van der Waals surface area contributed by atoms with Crippen molar-refractivity contribution in [3.05, 3.63) is 29.0 Å². The molecule has 0 aliphatic heterocycles. The molecule has 78 valence electrons. The zero-order valence-corrected chi connectivity index (χ0v) is 9.45. The van der Waals surface area contributed by atoms with Gasteiger partial charge in [0.25, 0.3) is 0 Å². The van der Waals surface area contributed by atoms with Crippen LogP contribution in [0.3, 0.4) is 0 Å². The highest BCUT2D eigenvalue weighted by molar-refractivity contribution is 6.30. The average molecular weight is 216 g/mol. The van der Waals surface area contributed by atoms with E-state index < -0.39 is 0 Å². The summed E-state index contributed by atoms with van der Waals surface area (Å²) < 4.78 is 12.9. The van der Waals surface area contributed by atoms with Crippen LogP contribution in [0.4, 0.5) is 10.1 Å². The highest BCUT2D eigenvalue weighted by Crippen LogP contribution is 2.20. The zero-order chi connectivity index (χ0) is 10.8. The molecule has 1 N–H and O–H groups in total. The fourth-order valence-corrected chi connectivity index (χ4v) is 1.24. The monoisotopic (exact) mass is 215 g/mol. The molecular weight excluding hydrogens is 201 g/mol. The zero-order valence-electron chi connectivity index (χ0n) is 8.70. The Morgan fingerprint density at radius 3 is 2.43 bits per heavy atom. The summed E-state index contributed by atoms with van der Waals surface area (Å²) in [6.07, 6.45) is 0. The number of anilines is 1. The van der Waals surface area contributed by atoms with Gasteiger partial charge in [-0.15, -0.1) is 0 Å². The van der Waals surface area contributed by atoms with Gasteiger partial charge in [0.2, 0.25) is 0 Å². The van der Waals surface area contributed by atoms with Crippen LogP contribution in [0.2, 0.25) is 5.02 Å². The first-order chi connectivity index (χ1) is 6.37. The van der Waals surface area contributed by atoms with Crippen LogP contribution in [-0.4, -0.2) is 6.54 Å². The molecule has 0 radical (unpaired) electrons. The van der Waals surface area contributed by atoms with Crippen LogP contribution in [0.5, 0.6) is 0 Å². The number of nitrogens with one attached hydrogen (secondary N) is 1. The van der Waals surface area contributed by atoms with Gasteiger partial charge in [0.1, 0.15) is 5.82 Å². The first-order valence-corrected chi connectivity index (χ1v) is 4.95. The SMILES string of the molecule is CC(C)(C)CNc1cc(F)cc(Cl)c1. The van der Waals surface area contributed by atoms with E-state index in [4.69, 9.17) is 11.6 Å². The standard InChI is InChI=1S/C11H15ClFN/c1-11(2,3)7-14-10-5-8(12)4-9(13)6-10/h4-6,14H,7H2,1-3H3. The van der Waals surface area contributed by atoms with Gasteiger partial charge in [-0.1, -0.05) is 32.4 Å². The maximum absolute atomic E-state index is 12.9. The Kier molecular flexibility index (Phi) is 3.38. The lowest BCUT2D eigenvalue weighted by molar-refractivity contribution is 0.443. The van der Waals surface area contributed by atoms with Crippen LogP contribution >= 0.6 is 11.6 Å². The number of benzene rings is 1. The molecule has 0 heterocycles. The Labute approximate surface area is 89.3 Å². The van der Waals surface area contributed by atoms with E-state index in [1.165, 1.54) is 12.1 Å². The van der Waals surface area contributed by atoms with Crippen molar-refractivity contribution in [1.29, 1.82) is 0 Å².